The predicted octanol–water partition coefficient (Wildman–Crippen LogP) is 5.87. The highest BCUT2D eigenvalue weighted by atomic mass is 19.4. The molecule has 3 aromatic carbocycles. The molecule has 0 aliphatic rings. The van der Waals surface area contributed by atoms with Gasteiger partial charge in [-0.05, 0) is 41.5 Å². The zero-order chi connectivity index (χ0) is 20.6. The van der Waals surface area contributed by atoms with E-state index in [9.17, 15) is 18.0 Å². The normalized spacial score (nSPS) is 11.6. The van der Waals surface area contributed by atoms with Gasteiger partial charge in [0.25, 0.3) is 0 Å². The number of hydrogen-bond donors (Lipinski definition) is 2. The third-order valence-corrected chi connectivity index (χ3v) is 4.51. The fourth-order valence-corrected chi connectivity index (χ4v) is 3.09. The van der Waals surface area contributed by atoms with Crippen molar-refractivity contribution in [3.05, 3.63) is 72.3 Å². The van der Waals surface area contributed by atoms with Crippen LogP contribution in [0, 0.1) is 0 Å². The molecular formula is C22H16F3N3O. The van der Waals surface area contributed by atoms with Crippen LogP contribution in [0.25, 0.3) is 33.5 Å². The largest absolute Gasteiger partial charge is 0.416 e. The lowest BCUT2D eigenvalue weighted by Crippen LogP contribution is -2.05. The molecule has 2 N–H and O–H groups in total. The SMILES string of the molecule is CC(=O)Nc1ccc(-c2ccc(-c3nc4ccc(C(F)(F)F)cc4[nH]3)cc2)cc1. The van der Waals surface area contributed by atoms with E-state index in [2.05, 4.69) is 15.3 Å². The summed E-state index contributed by atoms with van der Waals surface area (Å²) in [7, 11) is 0. The number of halogens is 3. The van der Waals surface area contributed by atoms with Crippen molar-refractivity contribution in [1.29, 1.82) is 0 Å². The first-order valence-electron chi connectivity index (χ1n) is 8.85. The number of carbonyl (C=O) groups is 1. The molecule has 0 spiro atoms. The molecule has 0 saturated heterocycles. The molecule has 0 radical (unpaired) electrons. The van der Waals surface area contributed by atoms with Crippen LogP contribution in [0.15, 0.2) is 66.7 Å². The van der Waals surface area contributed by atoms with Crippen LogP contribution >= 0.6 is 0 Å². The van der Waals surface area contributed by atoms with Crippen molar-refractivity contribution in [2.45, 2.75) is 13.1 Å². The first-order valence-corrected chi connectivity index (χ1v) is 8.85. The minimum atomic E-state index is -4.39. The number of anilines is 1. The maximum absolute atomic E-state index is 12.9. The smallest absolute Gasteiger partial charge is 0.338 e. The van der Waals surface area contributed by atoms with Crippen LogP contribution in [0.5, 0.6) is 0 Å². The van der Waals surface area contributed by atoms with E-state index in [4.69, 9.17) is 0 Å². The summed E-state index contributed by atoms with van der Waals surface area (Å²) in [6, 6.07) is 18.5. The van der Waals surface area contributed by atoms with Crippen molar-refractivity contribution in [1.82, 2.24) is 9.97 Å². The molecule has 0 unspecified atom stereocenters. The number of aromatic amines is 1. The van der Waals surface area contributed by atoms with E-state index in [1.165, 1.54) is 13.0 Å². The van der Waals surface area contributed by atoms with E-state index in [1.807, 2.05) is 48.5 Å². The number of hydrogen-bond acceptors (Lipinski definition) is 2. The molecule has 0 aliphatic carbocycles. The molecule has 1 heterocycles. The number of rotatable bonds is 3. The Morgan fingerprint density at radius 1 is 0.897 bits per heavy atom. The highest BCUT2D eigenvalue weighted by Crippen LogP contribution is 2.32. The number of carbonyl (C=O) groups excluding carboxylic acids is 1. The fourth-order valence-electron chi connectivity index (χ4n) is 3.09. The van der Waals surface area contributed by atoms with Gasteiger partial charge < -0.3 is 10.3 Å². The molecule has 0 aliphatic heterocycles. The Bertz CT molecular complexity index is 1180. The molecule has 0 fully saturated rings. The molecular weight excluding hydrogens is 379 g/mol. The molecule has 29 heavy (non-hydrogen) atoms. The number of fused-ring (bicyclic) bond motifs is 1. The maximum atomic E-state index is 12.9. The van der Waals surface area contributed by atoms with Gasteiger partial charge in [-0.1, -0.05) is 36.4 Å². The molecule has 7 heteroatoms. The van der Waals surface area contributed by atoms with Crippen LogP contribution in [-0.4, -0.2) is 15.9 Å². The number of H-pyrrole nitrogens is 1. The first-order chi connectivity index (χ1) is 13.8. The van der Waals surface area contributed by atoms with Crippen molar-refractivity contribution < 1.29 is 18.0 Å². The monoisotopic (exact) mass is 395 g/mol. The second-order valence-electron chi connectivity index (χ2n) is 6.65. The van der Waals surface area contributed by atoms with Gasteiger partial charge in [0.1, 0.15) is 5.82 Å². The van der Waals surface area contributed by atoms with Gasteiger partial charge in [0.2, 0.25) is 5.91 Å². The van der Waals surface area contributed by atoms with Crippen molar-refractivity contribution >= 4 is 22.6 Å². The molecule has 4 aromatic rings. The average molecular weight is 395 g/mol. The summed E-state index contributed by atoms with van der Waals surface area (Å²) in [5.74, 6) is 0.377. The molecule has 0 bridgehead atoms. The first kappa shape index (κ1) is 18.7. The second-order valence-corrected chi connectivity index (χ2v) is 6.65. The van der Waals surface area contributed by atoms with Crippen LogP contribution in [0.4, 0.5) is 18.9 Å². The van der Waals surface area contributed by atoms with Crippen molar-refractivity contribution in [3.63, 3.8) is 0 Å². The number of imidazole rings is 1. The van der Waals surface area contributed by atoms with E-state index in [-0.39, 0.29) is 5.91 Å². The van der Waals surface area contributed by atoms with Crippen molar-refractivity contribution in [2.75, 3.05) is 5.32 Å². The zero-order valence-corrected chi connectivity index (χ0v) is 15.3. The van der Waals surface area contributed by atoms with E-state index in [0.29, 0.717) is 16.9 Å². The van der Waals surface area contributed by atoms with Crippen LogP contribution in [0.1, 0.15) is 12.5 Å². The third kappa shape index (κ3) is 3.99. The van der Waals surface area contributed by atoms with Gasteiger partial charge in [0, 0.05) is 18.2 Å². The molecule has 1 aromatic heterocycles. The Morgan fingerprint density at radius 3 is 2.07 bits per heavy atom. The second kappa shape index (κ2) is 7.09. The number of nitrogens with one attached hydrogen (secondary N) is 2. The number of amides is 1. The van der Waals surface area contributed by atoms with E-state index in [1.54, 1.807) is 0 Å². The Morgan fingerprint density at radius 2 is 1.48 bits per heavy atom. The maximum Gasteiger partial charge on any atom is 0.416 e. The number of nitrogens with zero attached hydrogens (tertiary/aromatic N) is 1. The van der Waals surface area contributed by atoms with Gasteiger partial charge in [0.15, 0.2) is 0 Å². The lowest BCUT2D eigenvalue weighted by molar-refractivity contribution is -0.137. The number of alkyl halides is 3. The summed E-state index contributed by atoms with van der Waals surface area (Å²) in [6.07, 6.45) is -4.39. The molecule has 4 nitrogen and oxygen atoms in total. The topological polar surface area (TPSA) is 57.8 Å². The standard InChI is InChI=1S/C22H16F3N3O/c1-13(29)26-18-9-6-15(7-10-18)14-2-4-16(5-3-14)21-27-19-11-8-17(22(23,24)25)12-20(19)28-21/h2-12H,1H3,(H,26,29)(H,27,28). The van der Waals surface area contributed by atoms with Gasteiger partial charge in [-0.25, -0.2) is 4.98 Å². The van der Waals surface area contributed by atoms with Crippen LogP contribution in [0.3, 0.4) is 0 Å². The number of benzene rings is 3. The van der Waals surface area contributed by atoms with Gasteiger partial charge >= 0.3 is 6.18 Å². The van der Waals surface area contributed by atoms with Gasteiger partial charge in [-0.15, -0.1) is 0 Å². The summed E-state index contributed by atoms with van der Waals surface area (Å²) >= 11 is 0. The lowest BCUT2D eigenvalue weighted by atomic mass is 10.0. The summed E-state index contributed by atoms with van der Waals surface area (Å²) in [5.41, 5.74) is 3.55. The lowest BCUT2D eigenvalue weighted by Gasteiger charge is -2.06. The van der Waals surface area contributed by atoms with E-state index in [0.717, 1.165) is 34.5 Å². The highest BCUT2D eigenvalue weighted by molar-refractivity contribution is 5.89. The fraction of sp³-hybridized carbons (Fsp3) is 0.0909. The molecule has 1 amide bonds. The Balaban J connectivity index is 1.59. The molecule has 0 saturated carbocycles. The van der Waals surface area contributed by atoms with E-state index >= 15 is 0 Å². The predicted molar refractivity (Wildman–Crippen MR) is 106 cm³/mol. The summed E-state index contributed by atoms with van der Waals surface area (Å²) < 4.78 is 38.7. The van der Waals surface area contributed by atoms with Crippen LogP contribution < -0.4 is 5.32 Å². The average Bonchev–Trinajstić information content (AvgIpc) is 3.11. The van der Waals surface area contributed by atoms with Gasteiger partial charge in [-0.3, -0.25) is 4.79 Å². The van der Waals surface area contributed by atoms with Crippen LogP contribution in [0.2, 0.25) is 0 Å². The van der Waals surface area contributed by atoms with Gasteiger partial charge in [0.05, 0.1) is 16.6 Å². The third-order valence-electron chi connectivity index (χ3n) is 4.51. The Labute approximate surface area is 164 Å². The minimum absolute atomic E-state index is 0.129. The molecule has 0 atom stereocenters. The Kier molecular flexibility index (Phi) is 4.58. The summed E-state index contributed by atoms with van der Waals surface area (Å²) in [6.45, 7) is 1.45. The van der Waals surface area contributed by atoms with Crippen molar-refractivity contribution in [2.24, 2.45) is 0 Å². The van der Waals surface area contributed by atoms with Crippen LogP contribution in [-0.2, 0) is 11.0 Å². The quantitative estimate of drug-likeness (QED) is 0.456. The Hall–Kier alpha value is -3.61. The van der Waals surface area contributed by atoms with Gasteiger partial charge in [-0.2, -0.15) is 13.2 Å². The minimum Gasteiger partial charge on any atom is -0.338 e. The summed E-state index contributed by atoms with van der Waals surface area (Å²) in [5, 5.41) is 2.72. The zero-order valence-electron chi connectivity index (χ0n) is 15.3. The summed E-state index contributed by atoms with van der Waals surface area (Å²) in [4.78, 5) is 18.4. The molecule has 146 valence electrons. The van der Waals surface area contributed by atoms with Crippen molar-refractivity contribution in [3.8, 4) is 22.5 Å². The molecule has 4 rings (SSSR count). The highest BCUT2D eigenvalue weighted by Gasteiger charge is 2.30. The van der Waals surface area contributed by atoms with E-state index < -0.39 is 11.7 Å². The number of aromatic nitrogens is 2.